The highest BCUT2D eigenvalue weighted by molar-refractivity contribution is 7.50. The van der Waals surface area contributed by atoms with Crippen molar-refractivity contribution in [1.82, 2.24) is 0 Å². The van der Waals surface area contributed by atoms with E-state index in [0.29, 0.717) is 12.8 Å². The summed E-state index contributed by atoms with van der Waals surface area (Å²) in [5.41, 5.74) is 1.25. The lowest BCUT2D eigenvalue weighted by Crippen LogP contribution is -2.15. The third kappa shape index (κ3) is 5.36. The molecular weight excluding hydrogens is 317 g/mol. The lowest BCUT2D eigenvalue weighted by molar-refractivity contribution is 0.374. The molecular formula is C16H20NO5P. The van der Waals surface area contributed by atoms with Gasteiger partial charge >= 0.3 is 7.75 Å². The monoisotopic (exact) mass is 337 g/mol. The van der Waals surface area contributed by atoms with E-state index in [9.17, 15) is 14.8 Å². The Morgan fingerprint density at radius 2 is 2.00 bits per heavy atom. The standard InChI is InChI=1S/C16H20NO5P/c1-11(12-3-2-4-14(18)9-12)5-6-13-10-15(19)7-8-16(13)17-23(20,21)22/h2-4,7-11,13,18-19H,5-6H2,1H3,(H2,20,21,22). The first-order valence-electron chi connectivity index (χ1n) is 7.28. The molecule has 1 aromatic rings. The first-order valence-corrected chi connectivity index (χ1v) is 8.84. The van der Waals surface area contributed by atoms with Gasteiger partial charge in [0.1, 0.15) is 11.5 Å². The summed E-state index contributed by atoms with van der Waals surface area (Å²) in [5, 5.41) is 19.1. The Morgan fingerprint density at radius 1 is 1.26 bits per heavy atom. The molecule has 2 rings (SSSR count). The van der Waals surface area contributed by atoms with Crippen LogP contribution in [0.15, 0.2) is 53.0 Å². The fourth-order valence-electron chi connectivity index (χ4n) is 2.56. The average Bonchev–Trinajstić information content (AvgIpc) is 2.46. The first kappa shape index (κ1) is 17.5. The molecule has 124 valence electrons. The maximum absolute atomic E-state index is 11.1. The van der Waals surface area contributed by atoms with Gasteiger partial charge in [0.05, 0.1) is 5.71 Å². The number of phenolic OH excluding ortho intramolecular Hbond substituents is 1. The second kappa shape index (κ2) is 7.13. The van der Waals surface area contributed by atoms with Crippen molar-refractivity contribution in [2.45, 2.75) is 25.7 Å². The number of rotatable bonds is 5. The van der Waals surface area contributed by atoms with Crippen LogP contribution in [-0.2, 0) is 4.57 Å². The van der Waals surface area contributed by atoms with Crippen molar-refractivity contribution >= 4 is 13.5 Å². The van der Waals surface area contributed by atoms with Crippen LogP contribution in [-0.4, -0.2) is 25.7 Å². The molecule has 0 spiro atoms. The maximum atomic E-state index is 11.1. The zero-order valence-electron chi connectivity index (χ0n) is 12.7. The average molecular weight is 337 g/mol. The molecule has 0 amide bonds. The third-order valence-corrected chi connectivity index (χ3v) is 4.26. The van der Waals surface area contributed by atoms with Gasteiger partial charge in [-0.2, -0.15) is 4.76 Å². The lowest BCUT2D eigenvalue weighted by Gasteiger charge is -2.20. The smallest absolute Gasteiger partial charge is 0.448 e. The maximum Gasteiger partial charge on any atom is 0.448 e. The SMILES string of the molecule is CC(CCC1C=C(O)C=CC1=NP(=O)(O)O)c1cccc(O)c1. The molecule has 4 N–H and O–H groups in total. The van der Waals surface area contributed by atoms with E-state index in [1.54, 1.807) is 24.3 Å². The van der Waals surface area contributed by atoms with E-state index in [4.69, 9.17) is 9.79 Å². The zero-order valence-corrected chi connectivity index (χ0v) is 13.6. The number of nitrogens with zero attached hydrogens (tertiary/aromatic N) is 1. The minimum Gasteiger partial charge on any atom is -0.508 e. The van der Waals surface area contributed by atoms with E-state index >= 15 is 0 Å². The second-order valence-corrected chi connectivity index (χ2v) is 6.87. The number of benzene rings is 1. The van der Waals surface area contributed by atoms with E-state index in [2.05, 4.69) is 4.76 Å². The van der Waals surface area contributed by atoms with Crippen molar-refractivity contribution in [2.24, 2.45) is 10.7 Å². The summed E-state index contributed by atoms with van der Waals surface area (Å²) >= 11 is 0. The van der Waals surface area contributed by atoms with Crippen molar-refractivity contribution < 1.29 is 24.6 Å². The van der Waals surface area contributed by atoms with Gasteiger partial charge in [0.2, 0.25) is 0 Å². The van der Waals surface area contributed by atoms with Crippen molar-refractivity contribution in [1.29, 1.82) is 0 Å². The predicted molar refractivity (Wildman–Crippen MR) is 88.6 cm³/mol. The number of hydrogen-bond donors (Lipinski definition) is 4. The highest BCUT2D eigenvalue weighted by Gasteiger charge is 2.21. The van der Waals surface area contributed by atoms with Gasteiger partial charge in [0.25, 0.3) is 0 Å². The predicted octanol–water partition coefficient (Wildman–Crippen LogP) is 3.44. The minimum absolute atomic E-state index is 0.0599. The molecule has 1 aromatic carbocycles. The van der Waals surface area contributed by atoms with Crippen molar-refractivity contribution in [3.63, 3.8) is 0 Å². The molecule has 0 heterocycles. The summed E-state index contributed by atoms with van der Waals surface area (Å²) in [6, 6.07) is 7.00. The topological polar surface area (TPSA) is 110 Å². The molecule has 0 saturated heterocycles. The van der Waals surface area contributed by atoms with Crippen LogP contribution in [0.25, 0.3) is 0 Å². The van der Waals surface area contributed by atoms with Gasteiger partial charge < -0.3 is 20.0 Å². The fourth-order valence-corrected chi connectivity index (χ4v) is 3.07. The zero-order chi connectivity index (χ0) is 17.0. The van der Waals surface area contributed by atoms with Crippen molar-refractivity contribution in [3.8, 4) is 5.75 Å². The van der Waals surface area contributed by atoms with Gasteiger partial charge in [-0.05, 0) is 54.7 Å². The number of aromatic hydroxyl groups is 1. The Labute approximate surface area is 134 Å². The van der Waals surface area contributed by atoms with E-state index in [-0.39, 0.29) is 29.1 Å². The number of aliphatic hydroxyl groups excluding tert-OH is 1. The molecule has 0 fully saturated rings. The Kier molecular flexibility index (Phi) is 5.42. The van der Waals surface area contributed by atoms with Gasteiger partial charge in [-0.25, -0.2) is 4.57 Å². The van der Waals surface area contributed by atoms with E-state index in [1.807, 2.05) is 13.0 Å². The summed E-state index contributed by atoms with van der Waals surface area (Å²) in [6.45, 7) is 2.01. The summed E-state index contributed by atoms with van der Waals surface area (Å²) in [6.07, 6.45) is 5.63. The molecule has 6 nitrogen and oxygen atoms in total. The Balaban J connectivity index is 2.09. The van der Waals surface area contributed by atoms with E-state index in [1.165, 1.54) is 12.2 Å². The summed E-state index contributed by atoms with van der Waals surface area (Å²) in [4.78, 5) is 18.0. The fraction of sp³-hybridized carbons (Fsp3) is 0.312. The molecule has 1 aliphatic carbocycles. The highest BCUT2D eigenvalue weighted by atomic mass is 31.2. The molecule has 0 aliphatic heterocycles. The van der Waals surface area contributed by atoms with Crippen LogP contribution in [0, 0.1) is 5.92 Å². The lowest BCUT2D eigenvalue weighted by atomic mass is 9.87. The van der Waals surface area contributed by atoms with Crippen LogP contribution in [0.4, 0.5) is 0 Å². The quantitative estimate of drug-likeness (QED) is 0.615. The molecule has 7 heteroatoms. The molecule has 23 heavy (non-hydrogen) atoms. The number of hydrogen-bond acceptors (Lipinski definition) is 3. The Hall–Kier alpha value is -1.88. The molecule has 0 aromatic heterocycles. The molecule has 2 unspecified atom stereocenters. The molecule has 2 atom stereocenters. The van der Waals surface area contributed by atoms with Crippen LogP contribution in [0.3, 0.4) is 0 Å². The second-order valence-electron chi connectivity index (χ2n) is 5.64. The number of aliphatic hydroxyl groups is 1. The number of allylic oxidation sites excluding steroid dienone is 3. The minimum atomic E-state index is -4.51. The first-order chi connectivity index (χ1) is 10.7. The number of phenols is 1. The van der Waals surface area contributed by atoms with Crippen LogP contribution < -0.4 is 0 Å². The van der Waals surface area contributed by atoms with Gasteiger partial charge in [-0.15, -0.1) is 0 Å². The highest BCUT2D eigenvalue weighted by Crippen LogP contribution is 2.38. The Morgan fingerprint density at radius 3 is 2.65 bits per heavy atom. The molecule has 1 aliphatic rings. The van der Waals surface area contributed by atoms with E-state index < -0.39 is 7.75 Å². The van der Waals surface area contributed by atoms with Crippen molar-refractivity contribution in [3.05, 3.63) is 53.8 Å². The van der Waals surface area contributed by atoms with Crippen LogP contribution >= 0.6 is 7.75 Å². The van der Waals surface area contributed by atoms with Crippen LogP contribution in [0.2, 0.25) is 0 Å². The summed E-state index contributed by atoms with van der Waals surface area (Å²) < 4.78 is 14.5. The van der Waals surface area contributed by atoms with Gasteiger partial charge in [-0.3, -0.25) is 0 Å². The largest absolute Gasteiger partial charge is 0.508 e. The summed E-state index contributed by atoms with van der Waals surface area (Å²) in [5.74, 6) is 0.0631. The molecule has 0 radical (unpaired) electrons. The van der Waals surface area contributed by atoms with Crippen LogP contribution in [0.1, 0.15) is 31.2 Å². The molecule has 0 bridgehead atoms. The van der Waals surface area contributed by atoms with Gasteiger partial charge in [0.15, 0.2) is 0 Å². The van der Waals surface area contributed by atoms with Gasteiger partial charge in [-0.1, -0.05) is 19.1 Å². The Bertz CT molecular complexity index is 704. The van der Waals surface area contributed by atoms with Crippen LogP contribution in [0.5, 0.6) is 5.75 Å². The van der Waals surface area contributed by atoms with E-state index in [0.717, 1.165) is 5.56 Å². The van der Waals surface area contributed by atoms with Crippen molar-refractivity contribution in [2.75, 3.05) is 0 Å². The summed E-state index contributed by atoms with van der Waals surface area (Å²) in [7, 11) is -4.51. The third-order valence-electron chi connectivity index (χ3n) is 3.77. The molecule has 0 saturated carbocycles. The normalized spacial score (nSPS) is 21.3. The van der Waals surface area contributed by atoms with Gasteiger partial charge in [0, 0.05) is 5.92 Å².